The maximum absolute atomic E-state index is 13.3. The Balaban J connectivity index is 1.77. The molecule has 0 spiro atoms. The molecule has 1 aliphatic rings. The van der Waals surface area contributed by atoms with Crippen LogP contribution in [0, 0.1) is 5.92 Å². The van der Waals surface area contributed by atoms with Crippen molar-refractivity contribution in [3.8, 4) is 0 Å². The lowest BCUT2D eigenvalue weighted by molar-refractivity contribution is -0.137. The van der Waals surface area contributed by atoms with E-state index in [2.05, 4.69) is 30.9 Å². The van der Waals surface area contributed by atoms with Crippen molar-refractivity contribution in [1.82, 2.24) is 20.3 Å². The molecular formula is C17H19F3N6O. The molecule has 0 atom stereocenters. The summed E-state index contributed by atoms with van der Waals surface area (Å²) in [7, 11) is 0. The number of carbonyl (C=O) groups is 1. The number of aromatic nitrogens is 3. The van der Waals surface area contributed by atoms with Gasteiger partial charge in [0.2, 0.25) is 5.95 Å². The zero-order valence-corrected chi connectivity index (χ0v) is 14.4. The van der Waals surface area contributed by atoms with Gasteiger partial charge in [-0.25, -0.2) is 4.98 Å². The van der Waals surface area contributed by atoms with E-state index < -0.39 is 11.7 Å². The molecule has 2 aromatic rings. The normalized spacial score (nSPS) is 15.4. The number of hydrogen-bond donors (Lipinski definition) is 3. The second-order valence-corrected chi connectivity index (χ2v) is 6.24. The Morgan fingerprint density at radius 1 is 1.19 bits per heavy atom. The largest absolute Gasteiger partial charge is 0.421 e. The maximum Gasteiger partial charge on any atom is 0.421 e. The van der Waals surface area contributed by atoms with E-state index in [1.165, 1.54) is 12.3 Å². The van der Waals surface area contributed by atoms with Crippen molar-refractivity contribution in [2.24, 2.45) is 5.92 Å². The van der Waals surface area contributed by atoms with Crippen LogP contribution in [0.4, 0.5) is 30.6 Å². The summed E-state index contributed by atoms with van der Waals surface area (Å²) in [6.45, 7) is 2.13. The summed E-state index contributed by atoms with van der Waals surface area (Å²) in [6.07, 6.45) is -0.0118. The number of rotatable bonds is 6. The van der Waals surface area contributed by atoms with Gasteiger partial charge in [0.15, 0.2) is 6.29 Å². The molecule has 3 N–H and O–H groups in total. The van der Waals surface area contributed by atoms with E-state index in [1.807, 2.05) is 0 Å². The maximum atomic E-state index is 13.3. The van der Waals surface area contributed by atoms with Gasteiger partial charge < -0.3 is 16.0 Å². The minimum atomic E-state index is -4.55. The number of piperidine rings is 1. The van der Waals surface area contributed by atoms with Crippen molar-refractivity contribution in [3.63, 3.8) is 0 Å². The number of halogens is 3. The molecule has 1 aliphatic heterocycles. The second kappa shape index (κ2) is 8.30. The first-order chi connectivity index (χ1) is 13.0. The van der Waals surface area contributed by atoms with Crippen LogP contribution in [0.2, 0.25) is 0 Å². The third-order valence-electron chi connectivity index (χ3n) is 4.27. The summed E-state index contributed by atoms with van der Waals surface area (Å²) >= 11 is 0. The first kappa shape index (κ1) is 19.0. The van der Waals surface area contributed by atoms with Crippen LogP contribution in [0.25, 0.3) is 0 Å². The van der Waals surface area contributed by atoms with Gasteiger partial charge in [-0.2, -0.15) is 18.2 Å². The van der Waals surface area contributed by atoms with Crippen molar-refractivity contribution in [2.75, 3.05) is 30.3 Å². The summed E-state index contributed by atoms with van der Waals surface area (Å²) in [5.41, 5.74) is -0.195. The standard InChI is InChI=1S/C17H19F3N6O/c18-17(19,20)14-9-24-16(25-12-1-2-13(10-27)22-8-12)26-15(14)23-7-11-3-5-21-6-4-11/h1-2,8-11,21H,3-7H2,(H2,23,24,25,26). The van der Waals surface area contributed by atoms with Gasteiger partial charge in [-0.3, -0.25) is 9.78 Å². The van der Waals surface area contributed by atoms with Gasteiger partial charge in [0.25, 0.3) is 0 Å². The topological polar surface area (TPSA) is 91.8 Å². The number of anilines is 3. The number of nitrogens with one attached hydrogen (secondary N) is 3. The Hall–Kier alpha value is -2.75. The molecule has 3 heterocycles. The molecule has 0 unspecified atom stereocenters. The molecule has 0 bridgehead atoms. The fourth-order valence-corrected chi connectivity index (χ4v) is 2.79. The molecule has 0 aromatic carbocycles. The van der Waals surface area contributed by atoms with Crippen LogP contribution in [-0.2, 0) is 6.18 Å². The highest BCUT2D eigenvalue weighted by molar-refractivity contribution is 5.72. The molecule has 0 saturated carbocycles. The number of nitrogens with zero attached hydrogens (tertiary/aromatic N) is 3. The van der Waals surface area contributed by atoms with Crippen molar-refractivity contribution in [2.45, 2.75) is 19.0 Å². The highest BCUT2D eigenvalue weighted by Crippen LogP contribution is 2.34. The summed E-state index contributed by atoms with van der Waals surface area (Å²) in [5, 5.41) is 8.85. The molecule has 7 nitrogen and oxygen atoms in total. The lowest BCUT2D eigenvalue weighted by Gasteiger charge is -2.23. The van der Waals surface area contributed by atoms with E-state index in [0.717, 1.165) is 32.1 Å². The summed E-state index contributed by atoms with van der Waals surface area (Å²) < 4.78 is 39.8. The monoisotopic (exact) mass is 380 g/mol. The summed E-state index contributed by atoms with van der Waals surface area (Å²) in [4.78, 5) is 22.3. The van der Waals surface area contributed by atoms with Gasteiger partial charge in [0, 0.05) is 12.7 Å². The molecule has 2 aromatic heterocycles. The van der Waals surface area contributed by atoms with E-state index in [9.17, 15) is 18.0 Å². The zero-order valence-electron chi connectivity index (χ0n) is 14.4. The van der Waals surface area contributed by atoms with Gasteiger partial charge in [0.1, 0.15) is 17.1 Å². The number of pyridine rings is 1. The predicted molar refractivity (Wildman–Crippen MR) is 94.0 cm³/mol. The number of aldehydes is 1. The van der Waals surface area contributed by atoms with Crippen molar-refractivity contribution >= 4 is 23.7 Å². The number of hydrogen-bond acceptors (Lipinski definition) is 7. The van der Waals surface area contributed by atoms with Crippen molar-refractivity contribution < 1.29 is 18.0 Å². The van der Waals surface area contributed by atoms with Gasteiger partial charge in [-0.05, 0) is 44.0 Å². The summed E-state index contributed by atoms with van der Waals surface area (Å²) in [5.74, 6) is 0.0475. The van der Waals surface area contributed by atoms with Crippen LogP contribution in [0.3, 0.4) is 0 Å². The van der Waals surface area contributed by atoms with Gasteiger partial charge >= 0.3 is 6.18 Å². The molecule has 3 rings (SSSR count). The Labute approximate surface area is 153 Å². The van der Waals surface area contributed by atoms with Crippen LogP contribution in [0.1, 0.15) is 28.9 Å². The molecule has 1 saturated heterocycles. The van der Waals surface area contributed by atoms with Gasteiger partial charge in [-0.15, -0.1) is 0 Å². The van der Waals surface area contributed by atoms with E-state index in [-0.39, 0.29) is 17.5 Å². The number of alkyl halides is 3. The first-order valence-corrected chi connectivity index (χ1v) is 8.53. The third kappa shape index (κ3) is 5.13. The average molecular weight is 380 g/mol. The Morgan fingerprint density at radius 2 is 1.96 bits per heavy atom. The second-order valence-electron chi connectivity index (χ2n) is 6.24. The molecule has 10 heteroatoms. The summed E-state index contributed by atoms with van der Waals surface area (Å²) in [6, 6.07) is 3.05. The number of carbonyl (C=O) groups excluding carboxylic acids is 1. The van der Waals surface area contributed by atoms with Crippen molar-refractivity contribution in [1.29, 1.82) is 0 Å². The van der Waals surface area contributed by atoms with Crippen LogP contribution in [0.5, 0.6) is 0 Å². The van der Waals surface area contributed by atoms with E-state index in [1.54, 1.807) is 6.07 Å². The van der Waals surface area contributed by atoms with Crippen LogP contribution in [-0.4, -0.2) is 40.9 Å². The van der Waals surface area contributed by atoms with Gasteiger partial charge in [0.05, 0.1) is 11.9 Å². The molecule has 27 heavy (non-hydrogen) atoms. The minimum absolute atomic E-state index is 0.0106. The van der Waals surface area contributed by atoms with Gasteiger partial charge in [-0.1, -0.05) is 0 Å². The minimum Gasteiger partial charge on any atom is -0.369 e. The fraction of sp³-hybridized carbons (Fsp3) is 0.412. The van der Waals surface area contributed by atoms with Crippen LogP contribution < -0.4 is 16.0 Å². The molecule has 0 aliphatic carbocycles. The quantitative estimate of drug-likeness (QED) is 0.664. The lowest BCUT2D eigenvalue weighted by atomic mass is 9.98. The zero-order chi connectivity index (χ0) is 19.3. The first-order valence-electron chi connectivity index (χ1n) is 8.53. The SMILES string of the molecule is O=Cc1ccc(Nc2ncc(C(F)(F)F)c(NCC3CCNCC3)n2)cn1. The Kier molecular flexibility index (Phi) is 5.84. The molecule has 0 radical (unpaired) electrons. The predicted octanol–water partition coefficient (Wildman–Crippen LogP) is 2.86. The van der Waals surface area contributed by atoms with E-state index in [4.69, 9.17) is 0 Å². The van der Waals surface area contributed by atoms with Crippen LogP contribution >= 0.6 is 0 Å². The van der Waals surface area contributed by atoms with E-state index in [0.29, 0.717) is 24.4 Å². The molecule has 1 fully saturated rings. The fourth-order valence-electron chi connectivity index (χ4n) is 2.79. The smallest absolute Gasteiger partial charge is 0.369 e. The van der Waals surface area contributed by atoms with Crippen molar-refractivity contribution in [3.05, 3.63) is 35.8 Å². The Bertz CT molecular complexity index is 775. The highest BCUT2D eigenvalue weighted by Gasteiger charge is 2.35. The molecular weight excluding hydrogens is 361 g/mol. The molecule has 0 amide bonds. The third-order valence-corrected chi connectivity index (χ3v) is 4.27. The Morgan fingerprint density at radius 3 is 2.59 bits per heavy atom. The lowest BCUT2D eigenvalue weighted by Crippen LogP contribution is -2.31. The van der Waals surface area contributed by atoms with E-state index >= 15 is 0 Å². The van der Waals surface area contributed by atoms with Crippen LogP contribution in [0.15, 0.2) is 24.5 Å². The highest BCUT2D eigenvalue weighted by atomic mass is 19.4. The average Bonchev–Trinajstić information content (AvgIpc) is 2.67. The molecule has 144 valence electrons.